The highest BCUT2D eigenvalue weighted by atomic mass is 19.2. The van der Waals surface area contributed by atoms with Gasteiger partial charge in [0.1, 0.15) is 0 Å². The van der Waals surface area contributed by atoms with E-state index in [4.69, 9.17) is 9.47 Å². The fourth-order valence-electron chi connectivity index (χ4n) is 3.99. The molecule has 162 valence electrons. The van der Waals surface area contributed by atoms with Crippen LogP contribution in [0.2, 0.25) is 0 Å². The summed E-state index contributed by atoms with van der Waals surface area (Å²) in [5.74, 6) is -0.636. The van der Waals surface area contributed by atoms with E-state index in [1.54, 1.807) is 13.0 Å². The molecule has 1 amide bonds. The molecule has 0 aliphatic heterocycles. The van der Waals surface area contributed by atoms with Crippen molar-refractivity contribution in [2.45, 2.75) is 84.0 Å². The first kappa shape index (κ1) is 22.0. The highest BCUT2D eigenvalue weighted by molar-refractivity contribution is 5.73. The Morgan fingerprint density at radius 3 is 2.45 bits per heavy atom. The lowest BCUT2D eigenvalue weighted by Gasteiger charge is -2.29. The van der Waals surface area contributed by atoms with Crippen molar-refractivity contribution in [3.63, 3.8) is 0 Å². The van der Waals surface area contributed by atoms with Crippen LogP contribution in [-0.4, -0.2) is 24.7 Å². The number of carbonyl (C=O) groups excluding carboxylic acids is 1. The fraction of sp³-hybridized carbons (Fsp3) is 0.696. The molecule has 1 atom stereocenters. The van der Waals surface area contributed by atoms with Gasteiger partial charge in [0.05, 0.1) is 19.3 Å². The van der Waals surface area contributed by atoms with Gasteiger partial charge in [-0.25, -0.2) is 4.39 Å². The molecule has 2 fully saturated rings. The Morgan fingerprint density at radius 2 is 1.79 bits per heavy atom. The van der Waals surface area contributed by atoms with Crippen LogP contribution in [0.3, 0.4) is 0 Å². The summed E-state index contributed by atoms with van der Waals surface area (Å²) >= 11 is 0. The van der Waals surface area contributed by atoms with Crippen molar-refractivity contribution in [1.82, 2.24) is 5.32 Å². The van der Waals surface area contributed by atoms with Crippen molar-refractivity contribution >= 4 is 5.91 Å². The van der Waals surface area contributed by atoms with Crippen LogP contribution in [0.15, 0.2) is 12.1 Å². The number of amides is 1. The van der Waals surface area contributed by atoms with Crippen LogP contribution >= 0.6 is 0 Å². The van der Waals surface area contributed by atoms with E-state index >= 15 is 0 Å². The molecule has 2 aliphatic carbocycles. The maximum absolute atomic E-state index is 14.3. The van der Waals surface area contributed by atoms with Crippen LogP contribution in [0.25, 0.3) is 0 Å². The normalized spacial score (nSPS) is 22.9. The molecule has 0 radical (unpaired) electrons. The largest absolute Gasteiger partial charge is 0.490 e. The van der Waals surface area contributed by atoms with Crippen LogP contribution in [0.4, 0.5) is 8.78 Å². The van der Waals surface area contributed by atoms with E-state index in [-0.39, 0.29) is 36.0 Å². The zero-order valence-electron chi connectivity index (χ0n) is 17.5. The van der Waals surface area contributed by atoms with Crippen molar-refractivity contribution in [2.24, 2.45) is 11.8 Å². The number of benzene rings is 1. The smallest absolute Gasteiger partial charge is 0.217 e. The van der Waals surface area contributed by atoms with E-state index in [1.807, 2.05) is 6.92 Å². The Morgan fingerprint density at radius 1 is 1.10 bits per heavy atom. The van der Waals surface area contributed by atoms with E-state index in [0.29, 0.717) is 18.4 Å². The van der Waals surface area contributed by atoms with Gasteiger partial charge in [0.25, 0.3) is 0 Å². The van der Waals surface area contributed by atoms with Crippen LogP contribution in [0.1, 0.15) is 70.8 Å². The number of hydrogen-bond donors (Lipinski definition) is 1. The number of hydrogen-bond acceptors (Lipinski definition) is 3. The number of halogens is 2. The molecule has 1 N–H and O–H groups in total. The third kappa shape index (κ3) is 6.95. The average molecular weight is 410 g/mol. The standard InChI is InChI=1S/C23H33F2NO3/c1-15(26-16(2)27)3-4-17-7-10-20(11-8-17)28-14-19-9-12-21(23(25)22(19)24)29-13-18-5-6-18/h9,12,15,17-18,20H,3-8,10-11,13-14H2,1-2H3,(H,26,27)/t15-,17?,20?/m0/s1. The van der Waals surface area contributed by atoms with Gasteiger partial charge < -0.3 is 14.8 Å². The quantitative estimate of drug-likeness (QED) is 0.582. The van der Waals surface area contributed by atoms with Gasteiger partial charge in [-0.1, -0.05) is 0 Å². The fourth-order valence-corrected chi connectivity index (χ4v) is 3.99. The molecule has 2 saturated carbocycles. The van der Waals surface area contributed by atoms with E-state index < -0.39 is 11.6 Å². The molecule has 3 rings (SSSR count). The molecule has 0 saturated heterocycles. The number of ether oxygens (including phenoxy) is 2. The van der Waals surface area contributed by atoms with Crippen molar-refractivity contribution in [1.29, 1.82) is 0 Å². The predicted octanol–water partition coefficient (Wildman–Crippen LogP) is 5.13. The molecule has 6 heteroatoms. The number of carbonyl (C=O) groups is 1. The Bertz CT molecular complexity index is 685. The summed E-state index contributed by atoms with van der Waals surface area (Å²) in [6.07, 6.45) is 8.39. The van der Waals surface area contributed by atoms with E-state index in [1.165, 1.54) is 6.07 Å². The summed E-state index contributed by atoms with van der Waals surface area (Å²) in [7, 11) is 0. The summed E-state index contributed by atoms with van der Waals surface area (Å²) < 4.78 is 39.8. The minimum atomic E-state index is -0.913. The van der Waals surface area contributed by atoms with E-state index in [9.17, 15) is 13.6 Å². The molecule has 0 bridgehead atoms. The molecule has 0 unspecified atom stereocenters. The summed E-state index contributed by atoms with van der Waals surface area (Å²) in [6, 6.07) is 3.28. The van der Waals surface area contributed by atoms with Crippen LogP contribution in [0.5, 0.6) is 5.75 Å². The molecule has 0 heterocycles. The highest BCUT2D eigenvalue weighted by Crippen LogP contribution is 2.32. The van der Waals surface area contributed by atoms with Crippen molar-refractivity contribution in [3.8, 4) is 5.75 Å². The average Bonchev–Trinajstić information content (AvgIpc) is 3.51. The van der Waals surface area contributed by atoms with Gasteiger partial charge in [0.2, 0.25) is 11.7 Å². The minimum Gasteiger partial charge on any atom is -0.490 e. The number of rotatable bonds is 10. The monoisotopic (exact) mass is 409 g/mol. The third-order valence-corrected chi connectivity index (χ3v) is 6.02. The number of nitrogens with one attached hydrogen (secondary N) is 1. The first-order valence-corrected chi connectivity index (χ1v) is 10.9. The molecule has 1 aromatic carbocycles. The molecule has 0 spiro atoms. The Labute approximate surface area is 172 Å². The second-order valence-corrected chi connectivity index (χ2v) is 8.74. The SMILES string of the molecule is CC(=O)N[C@@H](C)CCC1CCC(OCc2ccc(OCC3CC3)c(F)c2F)CC1. The zero-order valence-corrected chi connectivity index (χ0v) is 17.5. The van der Waals surface area contributed by atoms with Gasteiger partial charge in [0, 0.05) is 18.5 Å². The van der Waals surface area contributed by atoms with Gasteiger partial charge in [-0.05, 0) is 82.3 Å². The molecular weight excluding hydrogens is 376 g/mol. The maximum atomic E-state index is 14.3. The molecule has 1 aromatic rings. The van der Waals surface area contributed by atoms with Crippen LogP contribution < -0.4 is 10.1 Å². The van der Waals surface area contributed by atoms with Gasteiger partial charge in [-0.15, -0.1) is 0 Å². The molecule has 0 aromatic heterocycles. The predicted molar refractivity (Wildman–Crippen MR) is 108 cm³/mol. The van der Waals surface area contributed by atoms with Gasteiger partial charge in [0.15, 0.2) is 11.6 Å². The maximum Gasteiger partial charge on any atom is 0.217 e. The van der Waals surface area contributed by atoms with Crippen molar-refractivity contribution in [2.75, 3.05) is 6.61 Å². The minimum absolute atomic E-state index is 0.00727. The molecular formula is C23H33F2NO3. The zero-order chi connectivity index (χ0) is 20.8. The second-order valence-electron chi connectivity index (χ2n) is 8.74. The van der Waals surface area contributed by atoms with E-state index in [0.717, 1.165) is 51.4 Å². The first-order valence-electron chi connectivity index (χ1n) is 10.9. The van der Waals surface area contributed by atoms with Crippen LogP contribution in [-0.2, 0) is 16.1 Å². The van der Waals surface area contributed by atoms with E-state index in [2.05, 4.69) is 5.32 Å². The topological polar surface area (TPSA) is 47.6 Å². The Balaban J connectivity index is 1.38. The summed E-state index contributed by atoms with van der Waals surface area (Å²) in [5, 5.41) is 2.92. The van der Waals surface area contributed by atoms with Gasteiger partial charge >= 0.3 is 0 Å². The molecule has 4 nitrogen and oxygen atoms in total. The van der Waals surface area contributed by atoms with Gasteiger partial charge in [-0.2, -0.15) is 4.39 Å². The molecule has 29 heavy (non-hydrogen) atoms. The highest BCUT2D eigenvalue weighted by Gasteiger charge is 2.25. The van der Waals surface area contributed by atoms with Crippen molar-refractivity contribution < 1.29 is 23.0 Å². The first-order chi connectivity index (χ1) is 13.9. The summed E-state index contributed by atoms with van der Waals surface area (Å²) in [4.78, 5) is 11.1. The third-order valence-electron chi connectivity index (χ3n) is 6.02. The molecule has 2 aliphatic rings. The van der Waals surface area contributed by atoms with Gasteiger partial charge in [-0.3, -0.25) is 4.79 Å². The van der Waals surface area contributed by atoms with Crippen LogP contribution in [0, 0.1) is 23.5 Å². The lowest BCUT2D eigenvalue weighted by molar-refractivity contribution is -0.119. The lowest BCUT2D eigenvalue weighted by atomic mass is 9.84. The summed E-state index contributed by atoms with van der Waals surface area (Å²) in [5.41, 5.74) is 0.243. The van der Waals surface area contributed by atoms with Crippen molar-refractivity contribution in [3.05, 3.63) is 29.3 Å². The Kier molecular flexibility index (Phi) is 7.87. The summed E-state index contributed by atoms with van der Waals surface area (Å²) in [6.45, 7) is 4.12. The second kappa shape index (κ2) is 10.4. The lowest BCUT2D eigenvalue weighted by Crippen LogP contribution is -2.31. The Hall–Kier alpha value is -1.69.